The Balaban J connectivity index is 1.19. The number of fused-ring (bicyclic) bond motifs is 1. The number of benzene rings is 1. The van der Waals surface area contributed by atoms with E-state index in [2.05, 4.69) is 10.6 Å². The first-order valence-corrected chi connectivity index (χ1v) is 10.6. The number of nitrogens with zero attached hydrogens (tertiary/aromatic N) is 2. The highest BCUT2D eigenvalue weighted by atomic mass is 16.7. The summed E-state index contributed by atoms with van der Waals surface area (Å²) in [5, 5.41) is 5.45. The van der Waals surface area contributed by atoms with Crippen LogP contribution in [0.25, 0.3) is 0 Å². The Morgan fingerprint density at radius 2 is 2.03 bits per heavy atom. The lowest BCUT2D eigenvalue weighted by Gasteiger charge is -2.15. The molecule has 10 nitrogen and oxygen atoms in total. The third-order valence-electron chi connectivity index (χ3n) is 5.64. The van der Waals surface area contributed by atoms with E-state index in [-0.39, 0.29) is 43.9 Å². The van der Waals surface area contributed by atoms with Crippen molar-refractivity contribution >= 4 is 23.8 Å². The molecule has 1 aromatic carbocycles. The number of nitrogens with one attached hydrogen (secondary N) is 2. The van der Waals surface area contributed by atoms with Crippen molar-refractivity contribution in [1.29, 1.82) is 0 Å². The van der Waals surface area contributed by atoms with E-state index in [1.165, 1.54) is 0 Å². The predicted octanol–water partition coefficient (Wildman–Crippen LogP) is 0.745. The van der Waals surface area contributed by atoms with Crippen LogP contribution in [-0.2, 0) is 20.9 Å². The van der Waals surface area contributed by atoms with Crippen LogP contribution in [0.2, 0.25) is 0 Å². The molecule has 2 saturated heterocycles. The summed E-state index contributed by atoms with van der Waals surface area (Å²) in [7, 11) is 0. The van der Waals surface area contributed by atoms with Gasteiger partial charge in [0.1, 0.15) is 6.04 Å². The highest BCUT2D eigenvalue weighted by molar-refractivity contribution is 6.04. The van der Waals surface area contributed by atoms with Gasteiger partial charge in [-0.15, -0.1) is 0 Å². The van der Waals surface area contributed by atoms with Gasteiger partial charge >= 0.3 is 6.03 Å². The molecular formula is C21H26N4O6. The van der Waals surface area contributed by atoms with Crippen molar-refractivity contribution in [2.75, 3.05) is 26.4 Å². The fourth-order valence-electron chi connectivity index (χ4n) is 3.95. The normalized spacial score (nSPS) is 19.9. The monoisotopic (exact) mass is 430 g/mol. The maximum atomic E-state index is 12.6. The minimum atomic E-state index is -0.713. The van der Waals surface area contributed by atoms with Crippen LogP contribution in [0.15, 0.2) is 18.2 Å². The Kier molecular flexibility index (Phi) is 6.24. The number of imide groups is 1. The first-order chi connectivity index (χ1) is 15.0. The first kappa shape index (κ1) is 21.0. The fraction of sp³-hybridized carbons (Fsp3) is 0.524. The highest BCUT2D eigenvalue weighted by Crippen LogP contribution is 2.33. The lowest BCUT2D eigenvalue weighted by Crippen LogP contribution is -2.33. The summed E-state index contributed by atoms with van der Waals surface area (Å²) in [5.74, 6) is 0.878. The average Bonchev–Trinajstić information content (AvgIpc) is 3.45. The van der Waals surface area contributed by atoms with Crippen molar-refractivity contribution < 1.29 is 28.7 Å². The summed E-state index contributed by atoms with van der Waals surface area (Å²) in [5.41, 5.74) is 0.752. The molecule has 10 heteroatoms. The molecule has 5 amide bonds. The molecular weight excluding hydrogens is 404 g/mol. The van der Waals surface area contributed by atoms with E-state index in [0.29, 0.717) is 37.4 Å². The second-order valence-corrected chi connectivity index (χ2v) is 7.84. The van der Waals surface area contributed by atoms with E-state index < -0.39 is 12.1 Å². The van der Waals surface area contributed by atoms with Gasteiger partial charge in [-0.25, -0.2) is 4.79 Å². The molecule has 2 N–H and O–H groups in total. The van der Waals surface area contributed by atoms with Crippen LogP contribution in [0.4, 0.5) is 4.79 Å². The fourth-order valence-corrected chi connectivity index (χ4v) is 3.95. The Morgan fingerprint density at radius 3 is 2.84 bits per heavy atom. The minimum absolute atomic E-state index is 0.124. The van der Waals surface area contributed by atoms with E-state index in [1.54, 1.807) is 18.2 Å². The van der Waals surface area contributed by atoms with Crippen LogP contribution in [0, 0.1) is 0 Å². The molecule has 1 atom stereocenters. The van der Waals surface area contributed by atoms with Gasteiger partial charge in [-0.05, 0) is 37.0 Å². The van der Waals surface area contributed by atoms with Crippen LogP contribution in [0.1, 0.15) is 37.7 Å². The number of urea groups is 1. The summed E-state index contributed by atoms with van der Waals surface area (Å²) in [6, 6.07) is 4.10. The molecule has 0 bridgehead atoms. The molecule has 4 rings (SSSR count). The van der Waals surface area contributed by atoms with Crippen molar-refractivity contribution in [2.45, 2.75) is 44.7 Å². The molecule has 0 spiro atoms. The second kappa shape index (κ2) is 9.23. The number of likely N-dealkylation sites (tertiary alicyclic amines) is 1. The molecule has 166 valence electrons. The van der Waals surface area contributed by atoms with Gasteiger partial charge in [0.15, 0.2) is 11.5 Å². The third kappa shape index (κ3) is 4.89. The smallest absolute Gasteiger partial charge is 0.325 e. The molecule has 1 aromatic rings. The van der Waals surface area contributed by atoms with Gasteiger partial charge in [-0.2, -0.15) is 0 Å². The van der Waals surface area contributed by atoms with Gasteiger partial charge in [-0.3, -0.25) is 19.3 Å². The molecule has 0 aromatic heterocycles. The lowest BCUT2D eigenvalue weighted by molar-refractivity contribution is -0.128. The Hall–Kier alpha value is -3.30. The molecule has 0 radical (unpaired) electrons. The van der Waals surface area contributed by atoms with Crippen molar-refractivity contribution in [1.82, 2.24) is 20.4 Å². The van der Waals surface area contributed by atoms with Gasteiger partial charge in [0, 0.05) is 32.5 Å². The quantitative estimate of drug-likeness (QED) is 0.441. The van der Waals surface area contributed by atoms with Gasteiger partial charge in [0.25, 0.3) is 5.91 Å². The Bertz CT molecular complexity index is 889. The number of ether oxygens (including phenoxy) is 2. The Labute approximate surface area is 179 Å². The zero-order chi connectivity index (χ0) is 21.8. The summed E-state index contributed by atoms with van der Waals surface area (Å²) in [6.45, 7) is 2.19. The Morgan fingerprint density at radius 1 is 1.19 bits per heavy atom. The van der Waals surface area contributed by atoms with E-state index in [9.17, 15) is 19.2 Å². The van der Waals surface area contributed by atoms with Gasteiger partial charge < -0.3 is 25.0 Å². The topological polar surface area (TPSA) is 117 Å². The van der Waals surface area contributed by atoms with Crippen LogP contribution >= 0.6 is 0 Å². The summed E-state index contributed by atoms with van der Waals surface area (Å²) in [4.78, 5) is 51.5. The molecule has 3 heterocycles. The summed E-state index contributed by atoms with van der Waals surface area (Å²) < 4.78 is 10.6. The van der Waals surface area contributed by atoms with Crippen molar-refractivity contribution in [3.63, 3.8) is 0 Å². The van der Waals surface area contributed by atoms with Gasteiger partial charge in [0.05, 0.1) is 6.54 Å². The van der Waals surface area contributed by atoms with Crippen molar-refractivity contribution in [3.05, 3.63) is 23.8 Å². The number of carbonyl (C=O) groups excluding carboxylic acids is 4. The zero-order valence-electron chi connectivity index (χ0n) is 17.2. The minimum Gasteiger partial charge on any atom is -0.454 e. The van der Waals surface area contributed by atoms with Crippen molar-refractivity contribution in [3.8, 4) is 11.5 Å². The molecule has 0 aliphatic carbocycles. The molecule has 1 unspecified atom stereocenters. The molecule has 2 fully saturated rings. The predicted molar refractivity (Wildman–Crippen MR) is 108 cm³/mol. The van der Waals surface area contributed by atoms with Crippen LogP contribution in [0.5, 0.6) is 11.5 Å². The van der Waals surface area contributed by atoms with E-state index in [0.717, 1.165) is 23.4 Å². The standard InChI is InChI=1S/C21H26N4O6/c26-18(22-8-2-10-24-9-1-3-19(24)27)7-5-15-20(28)25(21(29)23-15)12-14-4-6-16-17(11-14)31-13-30-16/h4,6,11,15H,1-3,5,7-10,12-13H2,(H,22,26)(H,23,29). The average molecular weight is 430 g/mol. The number of hydrogen-bond acceptors (Lipinski definition) is 6. The number of rotatable bonds is 9. The van der Waals surface area contributed by atoms with Gasteiger partial charge in [-0.1, -0.05) is 6.07 Å². The van der Waals surface area contributed by atoms with Crippen LogP contribution in [-0.4, -0.2) is 66.0 Å². The van der Waals surface area contributed by atoms with Crippen LogP contribution < -0.4 is 20.1 Å². The SMILES string of the molecule is O=C(CCC1NC(=O)N(Cc2ccc3c(c2)OCO3)C1=O)NCCCN1CCCC1=O. The number of amides is 5. The first-order valence-electron chi connectivity index (χ1n) is 10.6. The van der Waals surface area contributed by atoms with E-state index in [4.69, 9.17) is 9.47 Å². The largest absolute Gasteiger partial charge is 0.454 e. The number of hydrogen-bond donors (Lipinski definition) is 2. The lowest BCUT2D eigenvalue weighted by atomic mass is 10.1. The summed E-state index contributed by atoms with van der Waals surface area (Å²) in [6.07, 6.45) is 2.58. The molecule has 0 saturated carbocycles. The highest BCUT2D eigenvalue weighted by Gasteiger charge is 2.38. The zero-order valence-corrected chi connectivity index (χ0v) is 17.2. The summed E-state index contributed by atoms with van der Waals surface area (Å²) >= 11 is 0. The maximum absolute atomic E-state index is 12.6. The van der Waals surface area contributed by atoms with Gasteiger partial charge in [0.2, 0.25) is 18.6 Å². The third-order valence-corrected chi connectivity index (χ3v) is 5.64. The molecule has 31 heavy (non-hydrogen) atoms. The molecule has 3 aliphatic rings. The maximum Gasteiger partial charge on any atom is 0.325 e. The van der Waals surface area contributed by atoms with Crippen molar-refractivity contribution in [2.24, 2.45) is 0 Å². The van der Waals surface area contributed by atoms with E-state index in [1.807, 2.05) is 4.90 Å². The van der Waals surface area contributed by atoms with Crippen LogP contribution in [0.3, 0.4) is 0 Å². The number of carbonyl (C=O) groups is 4. The second-order valence-electron chi connectivity index (χ2n) is 7.84. The molecule has 3 aliphatic heterocycles. The van der Waals surface area contributed by atoms with E-state index >= 15 is 0 Å².